The Hall–Kier alpha value is -1.18. The lowest BCUT2D eigenvalue weighted by Crippen LogP contribution is -2.12. The minimum absolute atomic E-state index is 0.800. The summed E-state index contributed by atoms with van der Waals surface area (Å²) in [5.41, 5.74) is 0. The van der Waals surface area contributed by atoms with E-state index >= 15 is 0 Å². The van der Waals surface area contributed by atoms with Crippen molar-refractivity contribution in [1.82, 2.24) is 19.7 Å². The molecule has 2 aromatic heterocycles. The van der Waals surface area contributed by atoms with Crippen LogP contribution in [0.5, 0.6) is 0 Å². The van der Waals surface area contributed by atoms with Crippen LogP contribution in [0.3, 0.4) is 0 Å². The first-order valence-corrected chi connectivity index (χ1v) is 5.61. The molecular weight excluding hydrogens is 305 g/mol. The second kappa shape index (κ2) is 5.06. The van der Waals surface area contributed by atoms with E-state index in [2.05, 4.69) is 43.0 Å². The Morgan fingerprint density at radius 1 is 1.47 bits per heavy atom. The lowest BCUT2D eigenvalue weighted by atomic mass is 10.5. The van der Waals surface area contributed by atoms with Crippen molar-refractivity contribution in [3.05, 3.63) is 34.6 Å². The minimum Gasteiger partial charge on any atom is -0.367 e. The minimum atomic E-state index is 0.800. The van der Waals surface area contributed by atoms with Crippen LogP contribution in [0.15, 0.2) is 31.0 Å². The van der Waals surface area contributed by atoms with E-state index in [1.807, 2.05) is 16.9 Å². The highest BCUT2D eigenvalue weighted by molar-refractivity contribution is 14.1. The van der Waals surface area contributed by atoms with E-state index in [1.54, 1.807) is 18.7 Å². The van der Waals surface area contributed by atoms with E-state index < -0.39 is 0 Å². The first-order chi connectivity index (χ1) is 7.36. The zero-order valence-electron chi connectivity index (χ0n) is 7.97. The molecule has 15 heavy (non-hydrogen) atoms. The monoisotopic (exact) mass is 315 g/mol. The van der Waals surface area contributed by atoms with Gasteiger partial charge in [0.15, 0.2) is 0 Å². The highest BCUT2D eigenvalue weighted by Gasteiger charge is 1.98. The van der Waals surface area contributed by atoms with Gasteiger partial charge < -0.3 is 5.32 Å². The number of nitrogens with one attached hydrogen (secondary N) is 1. The maximum atomic E-state index is 4.14. The molecule has 0 radical (unpaired) electrons. The fourth-order valence-corrected chi connectivity index (χ4v) is 1.66. The van der Waals surface area contributed by atoms with Gasteiger partial charge in [-0.25, -0.2) is 9.97 Å². The normalized spacial score (nSPS) is 10.2. The van der Waals surface area contributed by atoms with Gasteiger partial charge >= 0.3 is 0 Å². The fourth-order valence-electron chi connectivity index (χ4n) is 1.16. The fraction of sp³-hybridized carbons (Fsp3) is 0.222. The largest absolute Gasteiger partial charge is 0.367 e. The van der Waals surface area contributed by atoms with E-state index in [0.717, 1.165) is 22.5 Å². The summed E-state index contributed by atoms with van der Waals surface area (Å²) in [7, 11) is 0. The van der Waals surface area contributed by atoms with E-state index in [4.69, 9.17) is 0 Å². The summed E-state index contributed by atoms with van der Waals surface area (Å²) >= 11 is 2.20. The molecule has 0 saturated heterocycles. The Balaban J connectivity index is 1.86. The zero-order valence-corrected chi connectivity index (χ0v) is 10.1. The van der Waals surface area contributed by atoms with Gasteiger partial charge in [-0.15, -0.1) is 0 Å². The zero-order chi connectivity index (χ0) is 10.5. The molecule has 0 aliphatic heterocycles. The van der Waals surface area contributed by atoms with Crippen LogP contribution in [-0.2, 0) is 6.54 Å². The number of nitrogens with zero attached hydrogens (tertiary/aromatic N) is 4. The summed E-state index contributed by atoms with van der Waals surface area (Å²) in [6.45, 7) is 1.63. The van der Waals surface area contributed by atoms with Crippen molar-refractivity contribution < 1.29 is 0 Å². The highest BCUT2D eigenvalue weighted by atomic mass is 127. The Kier molecular flexibility index (Phi) is 3.49. The highest BCUT2D eigenvalue weighted by Crippen LogP contribution is 2.11. The molecule has 0 aliphatic rings. The van der Waals surface area contributed by atoms with Gasteiger partial charge in [0.05, 0.1) is 10.1 Å². The molecule has 0 bridgehead atoms. The predicted octanol–water partition coefficient (Wildman–Crippen LogP) is 1.39. The van der Waals surface area contributed by atoms with Crippen molar-refractivity contribution in [1.29, 1.82) is 0 Å². The van der Waals surface area contributed by atoms with Crippen LogP contribution < -0.4 is 5.32 Å². The molecule has 78 valence electrons. The number of aromatic nitrogens is 4. The first-order valence-electron chi connectivity index (χ1n) is 4.53. The van der Waals surface area contributed by atoms with Gasteiger partial charge in [-0.3, -0.25) is 4.68 Å². The van der Waals surface area contributed by atoms with Gasteiger partial charge in [0.2, 0.25) is 0 Å². The molecule has 2 rings (SSSR count). The van der Waals surface area contributed by atoms with Crippen LogP contribution in [0.25, 0.3) is 0 Å². The summed E-state index contributed by atoms with van der Waals surface area (Å²) < 4.78 is 2.90. The van der Waals surface area contributed by atoms with Crippen molar-refractivity contribution in [3.63, 3.8) is 0 Å². The topological polar surface area (TPSA) is 55.6 Å². The van der Waals surface area contributed by atoms with Gasteiger partial charge in [-0.05, 0) is 28.7 Å². The number of halogens is 1. The van der Waals surface area contributed by atoms with Crippen molar-refractivity contribution in [2.24, 2.45) is 0 Å². The van der Waals surface area contributed by atoms with Crippen molar-refractivity contribution in [2.75, 3.05) is 11.9 Å². The molecule has 0 amide bonds. The Bertz CT molecular complexity index is 414. The summed E-state index contributed by atoms with van der Waals surface area (Å²) in [5, 5.41) is 7.34. The molecule has 0 unspecified atom stereocenters. The Labute approximate surface area is 101 Å². The third kappa shape index (κ3) is 2.88. The van der Waals surface area contributed by atoms with Crippen LogP contribution in [0, 0.1) is 3.57 Å². The third-order valence-electron chi connectivity index (χ3n) is 1.86. The number of rotatable bonds is 4. The van der Waals surface area contributed by atoms with Crippen LogP contribution in [-0.4, -0.2) is 26.3 Å². The maximum Gasteiger partial charge on any atom is 0.142 e. The average molecular weight is 315 g/mol. The predicted molar refractivity (Wildman–Crippen MR) is 65.5 cm³/mol. The summed E-state index contributed by atoms with van der Waals surface area (Å²) in [6.07, 6.45) is 7.03. The number of anilines is 1. The molecule has 5 nitrogen and oxygen atoms in total. The van der Waals surface area contributed by atoms with Crippen molar-refractivity contribution in [3.8, 4) is 0 Å². The molecule has 2 aromatic rings. The number of hydrogen-bond donors (Lipinski definition) is 1. The van der Waals surface area contributed by atoms with Crippen LogP contribution in [0.1, 0.15) is 0 Å². The average Bonchev–Trinajstić information content (AvgIpc) is 2.74. The molecule has 6 heteroatoms. The van der Waals surface area contributed by atoms with Gasteiger partial charge in [-0.1, -0.05) is 0 Å². The molecular formula is C9H10IN5. The van der Waals surface area contributed by atoms with Crippen LogP contribution >= 0.6 is 22.6 Å². The maximum absolute atomic E-state index is 4.14. The molecule has 0 spiro atoms. The Morgan fingerprint density at radius 3 is 3.13 bits per heavy atom. The quantitative estimate of drug-likeness (QED) is 0.867. The first kappa shape index (κ1) is 10.3. The molecule has 0 fully saturated rings. The molecule has 1 N–H and O–H groups in total. The summed E-state index contributed by atoms with van der Waals surface area (Å²) in [4.78, 5) is 8.06. The summed E-state index contributed by atoms with van der Waals surface area (Å²) in [6, 6.07) is 1.91. The van der Waals surface area contributed by atoms with E-state index in [1.165, 1.54) is 0 Å². The SMILES string of the molecule is Ic1cncnc1NCCn1cccn1. The van der Waals surface area contributed by atoms with Gasteiger partial charge in [0.25, 0.3) is 0 Å². The second-order valence-electron chi connectivity index (χ2n) is 2.92. The van der Waals surface area contributed by atoms with E-state index in [9.17, 15) is 0 Å². The van der Waals surface area contributed by atoms with Gasteiger partial charge in [0, 0.05) is 25.1 Å². The van der Waals surface area contributed by atoms with E-state index in [-0.39, 0.29) is 0 Å². The van der Waals surface area contributed by atoms with Crippen LogP contribution in [0.2, 0.25) is 0 Å². The summed E-state index contributed by atoms with van der Waals surface area (Å²) in [5.74, 6) is 0.873. The van der Waals surface area contributed by atoms with Gasteiger partial charge in [0.1, 0.15) is 12.1 Å². The second-order valence-corrected chi connectivity index (χ2v) is 4.08. The van der Waals surface area contributed by atoms with Crippen molar-refractivity contribution >= 4 is 28.4 Å². The smallest absolute Gasteiger partial charge is 0.142 e. The Morgan fingerprint density at radius 2 is 2.40 bits per heavy atom. The van der Waals surface area contributed by atoms with Crippen molar-refractivity contribution in [2.45, 2.75) is 6.54 Å². The third-order valence-corrected chi connectivity index (χ3v) is 2.65. The lowest BCUT2D eigenvalue weighted by molar-refractivity contribution is 0.637. The number of hydrogen-bond acceptors (Lipinski definition) is 4. The van der Waals surface area contributed by atoms with Crippen LogP contribution in [0.4, 0.5) is 5.82 Å². The molecule has 0 atom stereocenters. The molecule has 0 saturated carbocycles. The van der Waals surface area contributed by atoms with E-state index in [0.29, 0.717) is 0 Å². The standard InChI is InChI=1S/C9H10IN5/c10-8-6-11-7-13-9(8)12-3-5-15-4-1-2-14-15/h1-2,4,6-7H,3,5H2,(H,11,12,13). The molecule has 0 aromatic carbocycles. The lowest BCUT2D eigenvalue weighted by Gasteiger charge is -2.06. The molecule has 2 heterocycles. The molecule has 0 aliphatic carbocycles. The van der Waals surface area contributed by atoms with Gasteiger partial charge in [-0.2, -0.15) is 5.10 Å².